The second-order valence-electron chi connectivity index (χ2n) is 4.87. The molecule has 0 aliphatic carbocycles. The van der Waals surface area contributed by atoms with Crippen LogP contribution in [0.5, 0.6) is 11.5 Å². The largest absolute Gasteiger partial charge is 0.497 e. The number of nitrogens with one attached hydrogen (secondary N) is 1. The van der Waals surface area contributed by atoms with Crippen LogP contribution < -0.4 is 14.8 Å². The van der Waals surface area contributed by atoms with Gasteiger partial charge in [-0.05, 0) is 52.3 Å². The Morgan fingerprint density at radius 3 is 2.90 bits per heavy atom. The van der Waals surface area contributed by atoms with Gasteiger partial charge in [0.2, 0.25) is 0 Å². The zero-order valence-corrected chi connectivity index (χ0v) is 13.1. The number of anilines is 1. The van der Waals surface area contributed by atoms with E-state index in [1.54, 1.807) is 19.2 Å². The first kappa shape index (κ1) is 14.2. The lowest BCUT2D eigenvalue weighted by Crippen LogP contribution is -2.20. The standard InChI is InChI=1S/C16H15BrFNO2/c1-20-11-3-5-16-12(9-11)15(6-7-21-16)19-10-2-4-14(18)13(17)8-10/h2-5,8-9,15,19H,6-7H2,1H3. The molecular formula is C16H15BrFNO2. The fourth-order valence-corrected chi connectivity index (χ4v) is 2.82. The van der Waals surface area contributed by atoms with Gasteiger partial charge in [0.25, 0.3) is 0 Å². The van der Waals surface area contributed by atoms with Crippen LogP contribution in [0.1, 0.15) is 18.0 Å². The third-order valence-electron chi connectivity index (χ3n) is 3.52. The molecule has 0 saturated carbocycles. The topological polar surface area (TPSA) is 30.5 Å². The molecule has 0 spiro atoms. The van der Waals surface area contributed by atoms with Crippen molar-refractivity contribution in [2.75, 3.05) is 19.0 Å². The van der Waals surface area contributed by atoms with E-state index in [1.807, 2.05) is 18.2 Å². The number of hydrogen-bond acceptors (Lipinski definition) is 3. The number of ether oxygens (including phenoxy) is 2. The zero-order chi connectivity index (χ0) is 14.8. The van der Waals surface area contributed by atoms with Crippen molar-refractivity contribution in [2.45, 2.75) is 12.5 Å². The molecule has 3 rings (SSSR count). The molecule has 1 aliphatic heterocycles. The predicted octanol–water partition coefficient (Wildman–Crippen LogP) is 4.53. The molecule has 0 aromatic heterocycles. The molecule has 1 unspecified atom stereocenters. The fraction of sp³-hybridized carbons (Fsp3) is 0.250. The van der Waals surface area contributed by atoms with Crippen molar-refractivity contribution in [1.29, 1.82) is 0 Å². The summed E-state index contributed by atoms with van der Waals surface area (Å²) in [6, 6.07) is 10.8. The van der Waals surface area contributed by atoms with E-state index in [2.05, 4.69) is 21.2 Å². The molecule has 0 bridgehead atoms. The molecule has 0 saturated heterocycles. The van der Waals surface area contributed by atoms with Crippen LogP contribution in [-0.2, 0) is 0 Å². The summed E-state index contributed by atoms with van der Waals surface area (Å²) in [5.41, 5.74) is 1.92. The van der Waals surface area contributed by atoms with Gasteiger partial charge in [-0.2, -0.15) is 0 Å². The normalized spacial score (nSPS) is 16.8. The van der Waals surface area contributed by atoms with E-state index in [0.717, 1.165) is 29.2 Å². The molecule has 2 aromatic rings. The maximum absolute atomic E-state index is 13.3. The van der Waals surface area contributed by atoms with Crippen molar-refractivity contribution in [1.82, 2.24) is 0 Å². The van der Waals surface area contributed by atoms with Crippen LogP contribution in [0.3, 0.4) is 0 Å². The Labute approximate surface area is 131 Å². The van der Waals surface area contributed by atoms with Crippen LogP contribution in [-0.4, -0.2) is 13.7 Å². The third-order valence-corrected chi connectivity index (χ3v) is 4.12. The van der Waals surface area contributed by atoms with E-state index in [-0.39, 0.29) is 11.9 Å². The van der Waals surface area contributed by atoms with Crippen LogP contribution in [0.25, 0.3) is 0 Å². The lowest BCUT2D eigenvalue weighted by Gasteiger charge is -2.28. The van der Waals surface area contributed by atoms with Crippen LogP contribution in [0.4, 0.5) is 10.1 Å². The van der Waals surface area contributed by atoms with Gasteiger partial charge in [0.1, 0.15) is 17.3 Å². The van der Waals surface area contributed by atoms with Crippen LogP contribution in [0, 0.1) is 5.82 Å². The highest BCUT2D eigenvalue weighted by atomic mass is 79.9. The molecule has 0 radical (unpaired) electrons. The van der Waals surface area contributed by atoms with Crippen molar-refractivity contribution in [3.8, 4) is 11.5 Å². The van der Waals surface area contributed by atoms with Gasteiger partial charge in [0.05, 0.1) is 24.2 Å². The van der Waals surface area contributed by atoms with Gasteiger partial charge in [-0.15, -0.1) is 0 Å². The Bertz CT molecular complexity index is 663. The van der Waals surface area contributed by atoms with E-state index >= 15 is 0 Å². The van der Waals surface area contributed by atoms with Gasteiger partial charge in [0.15, 0.2) is 0 Å². The summed E-state index contributed by atoms with van der Waals surface area (Å²) in [5.74, 6) is 1.39. The average Bonchev–Trinajstić information content (AvgIpc) is 2.51. The maximum atomic E-state index is 13.3. The summed E-state index contributed by atoms with van der Waals surface area (Å²) in [6.07, 6.45) is 0.842. The Balaban J connectivity index is 1.88. The summed E-state index contributed by atoms with van der Waals surface area (Å²) < 4.78 is 24.7. The minimum Gasteiger partial charge on any atom is -0.497 e. The number of fused-ring (bicyclic) bond motifs is 1. The molecule has 1 heterocycles. The molecule has 21 heavy (non-hydrogen) atoms. The summed E-state index contributed by atoms with van der Waals surface area (Å²) in [7, 11) is 1.64. The lowest BCUT2D eigenvalue weighted by molar-refractivity contribution is 0.273. The lowest BCUT2D eigenvalue weighted by atomic mass is 10.00. The highest BCUT2D eigenvalue weighted by Gasteiger charge is 2.22. The van der Waals surface area contributed by atoms with Crippen LogP contribution >= 0.6 is 15.9 Å². The number of benzene rings is 2. The Morgan fingerprint density at radius 2 is 2.14 bits per heavy atom. The third kappa shape index (κ3) is 2.97. The maximum Gasteiger partial charge on any atom is 0.137 e. The van der Waals surface area contributed by atoms with E-state index in [0.29, 0.717) is 11.1 Å². The number of halogens is 2. The quantitative estimate of drug-likeness (QED) is 0.880. The molecule has 110 valence electrons. The zero-order valence-electron chi connectivity index (χ0n) is 11.5. The first-order valence-electron chi connectivity index (χ1n) is 6.69. The van der Waals surface area contributed by atoms with E-state index in [4.69, 9.17) is 9.47 Å². The van der Waals surface area contributed by atoms with Crippen molar-refractivity contribution in [3.63, 3.8) is 0 Å². The van der Waals surface area contributed by atoms with Gasteiger partial charge in [-0.1, -0.05) is 0 Å². The van der Waals surface area contributed by atoms with E-state index in [1.165, 1.54) is 6.07 Å². The second-order valence-corrected chi connectivity index (χ2v) is 5.72. The van der Waals surface area contributed by atoms with Gasteiger partial charge >= 0.3 is 0 Å². The SMILES string of the molecule is COc1ccc2c(c1)C(Nc1ccc(F)c(Br)c1)CCO2. The number of rotatable bonds is 3. The van der Waals surface area contributed by atoms with Crippen molar-refractivity contribution >= 4 is 21.6 Å². The second kappa shape index (κ2) is 5.93. The molecule has 1 N–H and O–H groups in total. The van der Waals surface area contributed by atoms with Gasteiger partial charge in [-0.25, -0.2) is 4.39 Å². The average molecular weight is 352 g/mol. The molecule has 1 aliphatic rings. The first-order chi connectivity index (χ1) is 10.2. The number of methoxy groups -OCH3 is 1. The van der Waals surface area contributed by atoms with Crippen molar-refractivity contribution in [3.05, 3.63) is 52.3 Å². The first-order valence-corrected chi connectivity index (χ1v) is 7.49. The van der Waals surface area contributed by atoms with Crippen molar-refractivity contribution < 1.29 is 13.9 Å². The Hall–Kier alpha value is -1.75. The minimum absolute atomic E-state index is 0.112. The molecule has 2 aromatic carbocycles. The molecular weight excluding hydrogens is 337 g/mol. The predicted molar refractivity (Wildman–Crippen MR) is 83.6 cm³/mol. The van der Waals surface area contributed by atoms with Gasteiger partial charge < -0.3 is 14.8 Å². The van der Waals surface area contributed by atoms with E-state index < -0.39 is 0 Å². The Morgan fingerprint density at radius 1 is 1.29 bits per heavy atom. The van der Waals surface area contributed by atoms with Crippen LogP contribution in [0.2, 0.25) is 0 Å². The highest BCUT2D eigenvalue weighted by Crippen LogP contribution is 2.37. The highest BCUT2D eigenvalue weighted by molar-refractivity contribution is 9.10. The molecule has 0 amide bonds. The van der Waals surface area contributed by atoms with Crippen molar-refractivity contribution in [2.24, 2.45) is 0 Å². The van der Waals surface area contributed by atoms with E-state index in [9.17, 15) is 4.39 Å². The molecule has 3 nitrogen and oxygen atoms in total. The minimum atomic E-state index is -0.269. The van der Waals surface area contributed by atoms with Gasteiger partial charge in [0, 0.05) is 17.7 Å². The summed E-state index contributed by atoms with van der Waals surface area (Å²) >= 11 is 3.21. The summed E-state index contributed by atoms with van der Waals surface area (Å²) in [6.45, 7) is 0.652. The molecule has 1 atom stereocenters. The molecule has 0 fully saturated rings. The molecule has 5 heteroatoms. The fourth-order valence-electron chi connectivity index (χ4n) is 2.44. The van der Waals surface area contributed by atoms with Gasteiger partial charge in [-0.3, -0.25) is 0 Å². The monoisotopic (exact) mass is 351 g/mol. The summed E-state index contributed by atoms with van der Waals surface area (Å²) in [5, 5.41) is 3.42. The summed E-state index contributed by atoms with van der Waals surface area (Å²) in [4.78, 5) is 0. The van der Waals surface area contributed by atoms with Crippen LogP contribution in [0.15, 0.2) is 40.9 Å². The smallest absolute Gasteiger partial charge is 0.137 e. The Kier molecular flexibility index (Phi) is 4.01. The number of hydrogen-bond donors (Lipinski definition) is 1.